The minimum Gasteiger partial charge on any atom is -1.00 e. The van der Waals surface area contributed by atoms with Crippen LogP contribution in [0.5, 0.6) is 0 Å². The molecule has 0 bridgehead atoms. The van der Waals surface area contributed by atoms with Crippen LogP contribution in [0.15, 0.2) is 53.4 Å². The van der Waals surface area contributed by atoms with Crippen molar-refractivity contribution < 1.29 is 35.0 Å². The maximum absolute atomic E-state index is 13.0. The summed E-state index contributed by atoms with van der Waals surface area (Å²) in [6.45, 7) is 1.66. The molecule has 2 aromatic carbocycles. The summed E-state index contributed by atoms with van der Waals surface area (Å²) in [5.41, 5.74) is 0.658. The van der Waals surface area contributed by atoms with Crippen LogP contribution < -0.4 is 17.3 Å². The molecule has 1 N–H and O–H groups in total. The SMILES string of the molecule is O=[N+]([O-])c1cccc(S(=O)(=O)N2CC[NH+](c3ccc(F)cc3)CC2)c1.[Cl-]. The van der Waals surface area contributed by atoms with Crippen molar-refractivity contribution >= 4 is 21.4 Å². The fourth-order valence-electron chi connectivity index (χ4n) is 2.88. The van der Waals surface area contributed by atoms with E-state index in [1.165, 1.54) is 34.6 Å². The number of quaternary nitrogens is 1. The molecule has 140 valence electrons. The zero-order valence-electron chi connectivity index (χ0n) is 13.6. The van der Waals surface area contributed by atoms with Gasteiger partial charge in [-0.1, -0.05) is 6.07 Å². The number of non-ortho nitro benzene ring substituents is 1. The van der Waals surface area contributed by atoms with E-state index in [-0.39, 0.29) is 41.9 Å². The van der Waals surface area contributed by atoms with Gasteiger partial charge in [-0.25, -0.2) is 12.8 Å². The van der Waals surface area contributed by atoms with Crippen LogP contribution in [0.2, 0.25) is 0 Å². The molecule has 0 unspecified atom stereocenters. The van der Waals surface area contributed by atoms with Crippen molar-refractivity contribution in [3.63, 3.8) is 0 Å². The molecule has 0 saturated carbocycles. The monoisotopic (exact) mass is 401 g/mol. The van der Waals surface area contributed by atoms with Crippen LogP contribution in [0.1, 0.15) is 0 Å². The van der Waals surface area contributed by atoms with E-state index >= 15 is 0 Å². The highest BCUT2D eigenvalue weighted by Gasteiger charge is 2.31. The summed E-state index contributed by atoms with van der Waals surface area (Å²) in [7, 11) is -3.77. The van der Waals surface area contributed by atoms with E-state index in [0.29, 0.717) is 13.1 Å². The van der Waals surface area contributed by atoms with Gasteiger partial charge in [0.05, 0.1) is 36.0 Å². The first-order chi connectivity index (χ1) is 11.9. The van der Waals surface area contributed by atoms with Gasteiger partial charge in [0.15, 0.2) is 0 Å². The second-order valence-electron chi connectivity index (χ2n) is 5.77. The first kappa shape index (κ1) is 20.2. The topological polar surface area (TPSA) is 85.0 Å². The van der Waals surface area contributed by atoms with Crippen LogP contribution in [0.4, 0.5) is 15.8 Å². The fourth-order valence-corrected chi connectivity index (χ4v) is 4.36. The lowest BCUT2D eigenvalue weighted by Crippen LogP contribution is -3.10. The van der Waals surface area contributed by atoms with Crippen molar-refractivity contribution in [2.24, 2.45) is 0 Å². The number of hydrogen-bond acceptors (Lipinski definition) is 4. The number of nitro benzene ring substituents is 1. The van der Waals surface area contributed by atoms with Crippen molar-refractivity contribution in [1.29, 1.82) is 0 Å². The minimum atomic E-state index is -3.77. The number of benzene rings is 2. The Hall–Kier alpha value is -2.07. The van der Waals surface area contributed by atoms with Crippen molar-refractivity contribution in [3.05, 3.63) is 64.5 Å². The molecule has 1 heterocycles. The standard InChI is InChI=1S/C16H16FN3O4S.ClH/c17-13-4-6-14(7-5-13)18-8-10-19(11-9-18)25(23,24)16-3-1-2-15(12-16)20(21)22;/h1-7,12H,8-11H2;1H. The summed E-state index contributed by atoms with van der Waals surface area (Å²) in [4.78, 5) is 11.2. The number of nitrogens with one attached hydrogen (secondary N) is 1. The lowest BCUT2D eigenvalue weighted by atomic mass is 10.2. The van der Waals surface area contributed by atoms with E-state index in [0.717, 1.165) is 16.7 Å². The summed E-state index contributed by atoms with van der Waals surface area (Å²) in [6, 6.07) is 11.2. The average Bonchev–Trinajstić information content (AvgIpc) is 2.62. The number of nitrogens with zero attached hydrogens (tertiary/aromatic N) is 2. The Kier molecular flexibility index (Phi) is 6.30. The van der Waals surface area contributed by atoms with Gasteiger partial charge in [-0.15, -0.1) is 0 Å². The summed E-state index contributed by atoms with van der Waals surface area (Å²) in [6.07, 6.45) is 0. The molecule has 0 aromatic heterocycles. The maximum atomic E-state index is 13.0. The van der Waals surface area contributed by atoms with E-state index in [4.69, 9.17) is 0 Å². The molecule has 0 aliphatic carbocycles. The number of hydrogen-bond donors (Lipinski definition) is 1. The number of sulfonamides is 1. The molecule has 3 rings (SSSR count). The van der Waals surface area contributed by atoms with Crippen LogP contribution in [0, 0.1) is 15.9 Å². The lowest BCUT2D eigenvalue weighted by molar-refractivity contribution is -0.837. The molecule has 7 nitrogen and oxygen atoms in total. The van der Waals surface area contributed by atoms with E-state index in [1.54, 1.807) is 12.1 Å². The number of piperazine rings is 1. The van der Waals surface area contributed by atoms with E-state index < -0.39 is 14.9 Å². The Labute approximate surface area is 156 Å². The number of rotatable bonds is 4. The van der Waals surface area contributed by atoms with E-state index in [9.17, 15) is 22.9 Å². The molecule has 1 aliphatic heterocycles. The Morgan fingerprint density at radius 3 is 2.27 bits per heavy atom. The van der Waals surface area contributed by atoms with Crippen LogP contribution in [-0.4, -0.2) is 43.8 Å². The van der Waals surface area contributed by atoms with Crippen molar-refractivity contribution in [2.75, 3.05) is 26.2 Å². The zero-order chi connectivity index (χ0) is 18.0. The van der Waals surface area contributed by atoms with Gasteiger partial charge >= 0.3 is 0 Å². The van der Waals surface area contributed by atoms with E-state index in [1.807, 2.05) is 0 Å². The Bertz CT molecular complexity index is 885. The molecule has 2 aromatic rings. The van der Waals surface area contributed by atoms with Gasteiger partial charge in [0.25, 0.3) is 5.69 Å². The first-order valence-electron chi connectivity index (χ1n) is 7.73. The fraction of sp³-hybridized carbons (Fsp3) is 0.250. The Balaban J connectivity index is 0.00000243. The Morgan fingerprint density at radius 2 is 1.69 bits per heavy atom. The molecule has 0 atom stereocenters. The predicted molar refractivity (Wildman–Crippen MR) is 88.6 cm³/mol. The molecular weight excluding hydrogens is 385 g/mol. The largest absolute Gasteiger partial charge is 1.00 e. The molecular formula is C16H17ClFN3O4S. The number of halogens is 2. The van der Waals surface area contributed by atoms with Crippen LogP contribution in [0.3, 0.4) is 0 Å². The average molecular weight is 402 g/mol. The number of nitro groups is 1. The van der Waals surface area contributed by atoms with Gasteiger partial charge in [-0.3, -0.25) is 10.1 Å². The van der Waals surface area contributed by atoms with Crippen LogP contribution in [0.25, 0.3) is 0 Å². The smallest absolute Gasteiger partial charge is 0.270 e. The molecule has 0 radical (unpaired) electrons. The summed E-state index contributed by atoms with van der Waals surface area (Å²) in [5.74, 6) is -0.310. The summed E-state index contributed by atoms with van der Waals surface area (Å²) < 4.78 is 39.7. The van der Waals surface area contributed by atoms with Gasteiger partial charge in [0, 0.05) is 24.3 Å². The van der Waals surface area contributed by atoms with Crippen LogP contribution >= 0.6 is 0 Å². The van der Waals surface area contributed by atoms with Gasteiger partial charge in [-0.2, -0.15) is 4.31 Å². The predicted octanol–water partition coefficient (Wildman–Crippen LogP) is -2.04. The molecule has 26 heavy (non-hydrogen) atoms. The second kappa shape index (κ2) is 8.09. The van der Waals surface area contributed by atoms with Crippen molar-refractivity contribution in [3.8, 4) is 0 Å². The highest BCUT2D eigenvalue weighted by atomic mass is 35.5. The third-order valence-electron chi connectivity index (χ3n) is 4.24. The first-order valence-corrected chi connectivity index (χ1v) is 9.17. The molecule has 10 heteroatoms. The molecule has 0 spiro atoms. The van der Waals surface area contributed by atoms with Crippen molar-refractivity contribution in [1.82, 2.24) is 4.31 Å². The molecule has 0 amide bonds. The highest BCUT2D eigenvalue weighted by Crippen LogP contribution is 2.21. The van der Waals surface area contributed by atoms with E-state index in [2.05, 4.69) is 0 Å². The molecule has 1 fully saturated rings. The van der Waals surface area contributed by atoms with Gasteiger partial charge in [-0.05, 0) is 18.2 Å². The third-order valence-corrected chi connectivity index (χ3v) is 6.14. The second-order valence-corrected chi connectivity index (χ2v) is 7.71. The Morgan fingerprint density at radius 1 is 1.08 bits per heavy atom. The van der Waals surface area contributed by atoms with Crippen LogP contribution in [-0.2, 0) is 10.0 Å². The molecule has 1 saturated heterocycles. The van der Waals surface area contributed by atoms with Gasteiger partial charge in [0.2, 0.25) is 10.0 Å². The quantitative estimate of drug-likeness (QED) is 0.472. The zero-order valence-corrected chi connectivity index (χ0v) is 15.2. The lowest BCUT2D eigenvalue weighted by Gasteiger charge is -2.31. The minimum absolute atomic E-state index is 0. The third kappa shape index (κ3) is 4.18. The normalized spacial score (nSPS) is 16.0. The maximum Gasteiger partial charge on any atom is 0.270 e. The molecule has 1 aliphatic rings. The highest BCUT2D eigenvalue weighted by molar-refractivity contribution is 7.89. The van der Waals surface area contributed by atoms with Gasteiger partial charge in [0.1, 0.15) is 11.5 Å². The summed E-state index contributed by atoms with van der Waals surface area (Å²) >= 11 is 0. The van der Waals surface area contributed by atoms with Gasteiger partial charge < -0.3 is 17.3 Å². The summed E-state index contributed by atoms with van der Waals surface area (Å²) in [5, 5.41) is 10.8. The van der Waals surface area contributed by atoms with Crippen molar-refractivity contribution in [2.45, 2.75) is 4.90 Å².